The van der Waals surface area contributed by atoms with Crippen LogP contribution in [0.25, 0.3) is 5.70 Å². The Hall–Kier alpha value is -1.55. The maximum absolute atomic E-state index is 10.9. The molecule has 7 atom stereocenters. The molecule has 4 aliphatic rings. The summed E-state index contributed by atoms with van der Waals surface area (Å²) in [6.07, 6.45) is 13.9. The van der Waals surface area contributed by atoms with Crippen LogP contribution in [-0.2, 0) is 0 Å². The number of hydrogen-bond acceptors (Lipinski definition) is 3. The highest BCUT2D eigenvalue weighted by molar-refractivity contribution is 5.59. The smallest absolute Gasteiger partial charge is 0.113 e. The lowest BCUT2D eigenvalue weighted by Crippen LogP contribution is -2.52. The van der Waals surface area contributed by atoms with Gasteiger partial charge in [0.25, 0.3) is 0 Å². The summed E-state index contributed by atoms with van der Waals surface area (Å²) in [7, 11) is 0. The van der Waals surface area contributed by atoms with Crippen LogP contribution in [0.2, 0.25) is 0 Å². The standard InChI is InChI=1S/C23H32N2O2/c1-14-10-15-11-16(26)4-6-22(15,2)17-5-7-23(3)18(20(14)17)12-19(27)21(23)25-9-8-24-13-25/h8-10,13-14,16-18,20,26-27H,4-7,11-12H2,1-3H3/t14-,16-,17-,18-,20+,22-,23-/m0/s1. The van der Waals surface area contributed by atoms with E-state index in [4.69, 9.17) is 0 Å². The molecule has 1 aromatic heterocycles. The Morgan fingerprint density at radius 3 is 2.63 bits per heavy atom. The molecule has 0 spiro atoms. The number of aliphatic hydroxyl groups is 2. The van der Waals surface area contributed by atoms with Crippen LogP contribution in [0.5, 0.6) is 0 Å². The Kier molecular flexibility index (Phi) is 3.72. The minimum absolute atomic E-state index is 0.0100. The van der Waals surface area contributed by atoms with Crippen LogP contribution >= 0.6 is 0 Å². The summed E-state index contributed by atoms with van der Waals surface area (Å²) in [6, 6.07) is 0. The van der Waals surface area contributed by atoms with Crippen LogP contribution in [0.3, 0.4) is 0 Å². The maximum Gasteiger partial charge on any atom is 0.113 e. The Bertz CT molecular complexity index is 810. The van der Waals surface area contributed by atoms with Crippen molar-refractivity contribution in [2.45, 2.75) is 65.4 Å². The van der Waals surface area contributed by atoms with Crippen LogP contribution in [0.4, 0.5) is 0 Å². The third-order valence-electron chi connectivity index (χ3n) is 8.79. The molecule has 4 nitrogen and oxygen atoms in total. The van der Waals surface area contributed by atoms with Gasteiger partial charge >= 0.3 is 0 Å². The fourth-order valence-electron chi connectivity index (χ4n) is 7.47. The third-order valence-corrected chi connectivity index (χ3v) is 8.79. The third kappa shape index (κ3) is 2.28. The molecule has 0 amide bonds. The van der Waals surface area contributed by atoms with Gasteiger partial charge in [-0.3, -0.25) is 0 Å². The summed E-state index contributed by atoms with van der Waals surface area (Å²) in [5, 5.41) is 21.2. The van der Waals surface area contributed by atoms with Crippen molar-refractivity contribution < 1.29 is 10.2 Å². The molecule has 1 heterocycles. The zero-order valence-corrected chi connectivity index (χ0v) is 16.7. The topological polar surface area (TPSA) is 58.3 Å². The van der Waals surface area contributed by atoms with Crippen molar-refractivity contribution in [3.05, 3.63) is 36.1 Å². The first kappa shape index (κ1) is 17.5. The largest absolute Gasteiger partial charge is 0.510 e. The average Bonchev–Trinajstić information content (AvgIpc) is 3.21. The van der Waals surface area contributed by atoms with Gasteiger partial charge < -0.3 is 14.8 Å². The number of hydrogen-bond donors (Lipinski definition) is 2. The van der Waals surface area contributed by atoms with Gasteiger partial charge in [-0.15, -0.1) is 0 Å². The number of aromatic nitrogens is 2. The predicted molar refractivity (Wildman–Crippen MR) is 106 cm³/mol. The monoisotopic (exact) mass is 368 g/mol. The van der Waals surface area contributed by atoms with Crippen LogP contribution in [0.1, 0.15) is 59.3 Å². The number of rotatable bonds is 1. The van der Waals surface area contributed by atoms with Crippen LogP contribution in [-0.4, -0.2) is 25.9 Å². The van der Waals surface area contributed by atoms with Gasteiger partial charge in [-0.25, -0.2) is 4.98 Å². The molecule has 2 fully saturated rings. The number of aliphatic hydroxyl groups excluding tert-OH is 2. The molecule has 2 saturated carbocycles. The highest BCUT2D eigenvalue weighted by Gasteiger charge is 2.60. The van der Waals surface area contributed by atoms with Gasteiger partial charge in [0.05, 0.1) is 18.1 Å². The van der Waals surface area contributed by atoms with E-state index in [1.165, 1.54) is 12.0 Å². The number of fused-ring (bicyclic) bond motifs is 5. The fourth-order valence-corrected chi connectivity index (χ4v) is 7.47. The van der Waals surface area contributed by atoms with E-state index in [9.17, 15) is 10.2 Å². The first-order valence-corrected chi connectivity index (χ1v) is 10.6. The Balaban J connectivity index is 1.55. The zero-order chi connectivity index (χ0) is 19.0. The normalized spacial score (nSPS) is 46.5. The van der Waals surface area contributed by atoms with E-state index in [0.29, 0.717) is 29.4 Å². The first-order chi connectivity index (χ1) is 12.8. The zero-order valence-electron chi connectivity index (χ0n) is 16.7. The SMILES string of the molecule is C[C@H]1C=C2C[C@@H](O)CC[C@]2(C)[C@H]2CC[C@]3(C)C(n4ccnc4)=C(O)C[C@H]3[C@H]12. The van der Waals surface area contributed by atoms with Crippen molar-refractivity contribution in [1.29, 1.82) is 0 Å². The minimum Gasteiger partial charge on any atom is -0.510 e. The van der Waals surface area contributed by atoms with Crippen molar-refractivity contribution in [3.63, 3.8) is 0 Å². The highest BCUT2D eigenvalue weighted by Crippen LogP contribution is 2.67. The quantitative estimate of drug-likeness (QED) is 0.701. The lowest BCUT2D eigenvalue weighted by molar-refractivity contribution is -0.0447. The van der Waals surface area contributed by atoms with E-state index in [1.54, 1.807) is 6.20 Å². The molecule has 0 aliphatic heterocycles. The Morgan fingerprint density at radius 2 is 1.89 bits per heavy atom. The average molecular weight is 369 g/mol. The molecule has 2 N–H and O–H groups in total. The molecule has 1 aromatic rings. The summed E-state index contributed by atoms with van der Waals surface area (Å²) in [5.74, 6) is 2.80. The van der Waals surface area contributed by atoms with E-state index in [2.05, 4.69) is 31.8 Å². The summed E-state index contributed by atoms with van der Waals surface area (Å²) in [6.45, 7) is 7.19. The van der Waals surface area contributed by atoms with Crippen LogP contribution in [0.15, 0.2) is 36.1 Å². The predicted octanol–water partition coefficient (Wildman–Crippen LogP) is 4.79. The van der Waals surface area contributed by atoms with Crippen molar-refractivity contribution >= 4 is 5.70 Å². The van der Waals surface area contributed by atoms with E-state index in [-0.39, 0.29) is 16.9 Å². The second-order valence-corrected chi connectivity index (χ2v) is 10.1. The van der Waals surface area contributed by atoms with Gasteiger partial charge in [-0.1, -0.05) is 32.4 Å². The van der Waals surface area contributed by atoms with E-state index >= 15 is 0 Å². The molecular formula is C23H32N2O2. The lowest BCUT2D eigenvalue weighted by Gasteiger charge is -2.59. The van der Waals surface area contributed by atoms with Gasteiger partial charge in [0.15, 0.2) is 0 Å². The first-order valence-electron chi connectivity index (χ1n) is 10.6. The Labute approximate surface area is 162 Å². The molecule has 0 aromatic carbocycles. The molecule has 0 radical (unpaired) electrons. The molecule has 4 aliphatic carbocycles. The van der Waals surface area contributed by atoms with Gasteiger partial charge in [-0.2, -0.15) is 0 Å². The fraction of sp³-hybridized carbons (Fsp3) is 0.696. The van der Waals surface area contributed by atoms with Crippen LogP contribution in [0, 0.1) is 34.5 Å². The summed E-state index contributed by atoms with van der Waals surface area (Å²) < 4.78 is 2.04. The summed E-state index contributed by atoms with van der Waals surface area (Å²) in [5.41, 5.74) is 2.82. The van der Waals surface area contributed by atoms with Crippen molar-refractivity contribution in [2.24, 2.45) is 34.5 Å². The highest BCUT2D eigenvalue weighted by atomic mass is 16.3. The van der Waals surface area contributed by atoms with Crippen molar-refractivity contribution in [3.8, 4) is 0 Å². The van der Waals surface area contributed by atoms with Gasteiger partial charge in [-0.05, 0) is 61.2 Å². The maximum atomic E-state index is 10.9. The molecule has 27 heavy (non-hydrogen) atoms. The van der Waals surface area contributed by atoms with Gasteiger partial charge in [0, 0.05) is 24.2 Å². The second kappa shape index (κ2) is 5.73. The molecule has 146 valence electrons. The van der Waals surface area contributed by atoms with E-state index in [0.717, 1.165) is 37.8 Å². The van der Waals surface area contributed by atoms with Gasteiger partial charge in [0.1, 0.15) is 5.76 Å². The number of allylic oxidation sites excluding steroid dienone is 3. The van der Waals surface area contributed by atoms with Gasteiger partial charge in [0.2, 0.25) is 0 Å². The second-order valence-electron chi connectivity index (χ2n) is 10.1. The number of imidazole rings is 1. The van der Waals surface area contributed by atoms with E-state index in [1.807, 2.05) is 17.1 Å². The minimum atomic E-state index is -0.160. The Morgan fingerprint density at radius 1 is 1.11 bits per heavy atom. The summed E-state index contributed by atoms with van der Waals surface area (Å²) in [4.78, 5) is 4.22. The van der Waals surface area contributed by atoms with Crippen LogP contribution < -0.4 is 0 Å². The number of nitrogens with zero attached hydrogens (tertiary/aromatic N) is 2. The molecule has 0 unspecified atom stereocenters. The van der Waals surface area contributed by atoms with Crippen molar-refractivity contribution in [1.82, 2.24) is 9.55 Å². The molecule has 0 saturated heterocycles. The molecule has 4 heteroatoms. The molecular weight excluding hydrogens is 336 g/mol. The summed E-state index contributed by atoms with van der Waals surface area (Å²) >= 11 is 0. The lowest BCUT2D eigenvalue weighted by atomic mass is 9.46. The van der Waals surface area contributed by atoms with E-state index < -0.39 is 0 Å². The molecule has 5 rings (SSSR count). The molecule has 0 bridgehead atoms. The van der Waals surface area contributed by atoms with Crippen molar-refractivity contribution in [2.75, 3.05) is 0 Å².